The average Bonchev–Trinajstić information content (AvgIpc) is 2.01. The van der Waals surface area contributed by atoms with Crippen molar-refractivity contribution in [2.75, 3.05) is 6.26 Å². The summed E-state index contributed by atoms with van der Waals surface area (Å²) in [5, 5.41) is 8.01. The van der Waals surface area contributed by atoms with Crippen LogP contribution in [0.1, 0.15) is 26.5 Å². The lowest BCUT2D eigenvalue weighted by Crippen LogP contribution is -2.15. The number of nitrogens with zero attached hydrogens (tertiary/aromatic N) is 2. The van der Waals surface area contributed by atoms with Crippen LogP contribution >= 0.6 is 0 Å². The minimum Gasteiger partial charge on any atom is -0.248 e. The summed E-state index contributed by atoms with van der Waals surface area (Å²) in [6.45, 7) is 6.09. The van der Waals surface area contributed by atoms with Gasteiger partial charge >= 0.3 is 0 Å². The van der Waals surface area contributed by atoms with Crippen molar-refractivity contribution in [1.82, 2.24) is 10.2 Å². The molecule has 0 spiro atoms. The first-order valence-electron chi connectivity index (χ1n) is 4.29. The first-order valence-corrected chi connectivity index (χ1v) is 6.26. The van der Waals surface area contributed by atoms with Gasteiger partial charge in [0.1, 0.15) is 0 Å². The zero-order valence-electron chi connectivity index (χ0n) is 8.87. The fraction of sp³-hybridized carbons (Fsp3) is 0.556. The molecule has 0 aliphatic heterocycles. The number of rotatable bonds is 1. The van der Waals surface area contributed by atoms with Gasteiger partial charge in [-0.3, -0.25) is 0 Å². The third kappa shape index (κ3) is 2.51. The van der Waals surface area contributed by atoms with Gasteiger partial charge in [0.15, 0.2) is 5.03 Å². The van der Waals surface area contributed by atoms with E-state index >= 15 is 0 Å². The maximum atomic E-state index is 11.3. The van der Waals surface area contributed by atoms with E-state index in [2.05, 4.69) is 10.2 Å². The Morgan fingerprint density at radius 1 is 1.29 bits per heavy atom. The molecular formula is C9H15N3OS. The monoisotopic (exact) mass is 213 g/mol. The zero-order valence-corrected chi connectivity index (χ0v) is 9.68. The third-order valence-corrected chi connectivity index (χ3v) is 2.82. The van der Waals surface area contributed by atoms with Gasteiger partial charge in [0.25, 0.3) is 0 Å². The highest BCUT2D eigenvalue weighted by atomic mass is 32.2. The van der Waals surface area contributed by atoms with Crippen molar-refractivity contribution < 1.29 is 4.21 Å². The van der Waals surface area contributed by atoms with Crippen molar-refractivity contribution >= 4 is 9.73 Å². The second-order valence-corrected chi connectivity index (χ2v) is 6.46. The van der Waals surface area contributed by atoms with Crippen molar-refractivity contribution in [2.24, 2.45) is 0 Å². The van der Waals surface area contributed by atoms with E-state index in [9.17, 15) is 4.21 Å². The molecule has 1 aromatic heterocycles. The molecule has 1 atom stereocenters. The molecular weight excluding hydrogens is 198 g/mol. The van der Waals surface area contributed by atoms with E-state index in [1.807, 2.05) is 20.8 Å². The molecule has 0 unspecified atom stereocenters. The Bertz CT molecular complexity index is 414. The molecule has 0 bridgehead atoms. The molecule has 78 valence electrons. The summed E-state index contributed by atoms with van der Waals surface area (Å²) in [5.41, 5.74) is 0.771. The van der Waals surface area contributed by atoms with Gasteiger partial charge in [-0.2, -0.15) is 5.10 Å². The highest BCUT2D eigenvalue weighted by molar-refractivity contribution is 7.91. The third-order valence-electron chi connectivity index (χ3n) is 1.81. The highest BCUT2D eigenvalue weighted by Gasteiger charge is 2.16. The average molecular weight is 213 g/mol. The molecule has 1 rings (SSSR count). The van der Waals surface area contributed by atoms with Crippen LogP contribution in [0, 0.1) is 4.78 Å². The van der Waals surface area contributed by atoms with Crippen LogP contribution in [0.4, 0.5) is 0 Å². The molecule has 0 amide bonds. The van der Waals surface area contributed by atoms with E-state index in [1.54, 1.807) is 12.1 Å². The van der Waals surface area contributed by atoms with Crippen LogP contribution in [-0.4, -0.2) is 20.7 Å². The predicted octanol–water partition coefficient (Wildman–Crippen LogP) is 1.81. The normalized spacial score (nSPS) is 16.3. The molecule has 0 aromatic carbocycles. The topological polar surface area (TPSA) is 66.7 Å². The van der Waals surface area contributed by atoms with Crippen LogP contribution in [0.3, 0.4) is 0 Å². The molecule has 1 N–H and O–H groups in total. The van der Waals surface area contributed by atoms with E-state index in [0.717, 1.165) is 5.69 Å². The van der Waals surface area contributed by atoms with Crippen LogP contribution in [0.25, 0.3) is 0 Å². The molecule has 0 aliphatic carbocycles. The summed E-state index contributed by atoms with van der Waals surface area (Å²) in [6, 6.07) is 3.39. The van der Waals surface area contributed by atoms with Gasteiger partial charge in [-0.1, -0.05) is 20.8 Å². The van der Waals surface area contributed by atoms with Crippen LogP contribution in [0.15, 0.2) is 17.2 Å². The van der Waals surface area contributed by atoms with E-state index in [4.69, 9.17) is 4.78 Å². The highest BCUT2D eigenvalue weighted by Crippen LogP contribution is 2.19. The molecule has 1 aromatic rings. The first-order chi connectivity index (χ1) is 6.21. The molecule has 1 heterocycles. The molecule has 14 heavy (non-hydrogen) atoms. The number of nitrogens with one attached hydrogen (secondary N) is 1. The van der Waals surface area contributed by atoms with Gasteiger partial charge in [0, 0.05) is 11.7 Å². The summed E-state index contributed by atoms with van der Waals surface area (Å²) in [6.07, 6.45) is 1.34. The van der Waals surface area contributed by atoms with Crippen molar-refractivity contribution in [1.29, 1.82) is 4.78 Å². The fourth-order valence-corrected chi connectivity index (χ4v) is 1.45. The predicted molar refractivity (Wildman–Crippen MR) is 55.8 cm³/mol. The molecule has 0 aliphatic rings. The fourth-order valence-electron chi connectivity index (χ4n) is 0.928. The SMILES string of the molecule is CC(C)(C)c1ccc([S@@](C)(=N)=O)nn1. The molecule has 0 saturated carbocycles. The van der Waals surface area contributed by atoms with Crippen LogP contribution in [-0.2, 0) is 15.1 Å². The van der Waals surface area contributed by atoms with E-state index in [0.29, 0.717) is 0 Å². The van der Waals surface area contributed by atoms with Gasteiger partial charge in [-0.05, 0) is 12.1 Å². The molecule has 5 heteroatoms. The Kier molecular flexibility index (Phi) is 2.63. The first kappa shape index (κ1) is 11.1. The minimum atomic E-state index is -2.74. The van der Waals surface area contributed by atoms with Gasteiger partial charge in [-0.25, -0.2) is 8.99 Å². The lowest BCUT2D eigenvalue weighted by atomic mass is 9.92. The Morgan fingerprint density at radius 2 is 1.86 bits per heavy atom. The summed E-state index contributed by atoms with van der Waals surface area (Å²) in [5.74, 6) is 0. The van der Waals surface area contributed by atoms with Gasteiger partial charge in [-0.15, -0.1) is 5.10 Å². The van der Waals surface area contributed by atoms with E-state index in [-0.39, 0.29) is 10.4 Å². The second-order valence-electron chi connectivity index (χ2n) is 4.35. The lowest BCUT2D eigenvalue weighted by molar-refractivity contribution is 0.553. The van der Waals surface area contributed by atoms with Crippen LogP contribution in [0.2, 0.25) is 0 Å². The van der Waals surface area contributed by atoms with E-state index < -0.39 is 9.73 Å². The maximum absolute atomic E-state index is 11.3. The summed E-state index contributed by atoms with van der Waals surface area (Å²) in [4.78, 5) is 0. The summed E-state index contributed by atoms with van der Waals surface area (Å²) in [7, 11) is -2.74. The summed E-state index contributed by atoms with van der Waals surface area (Å²) < 4.78 is 18.6. The zero-order chi connectivity index (χ0) is 11.0. The van der Waals surface area contributed by atoms with Gasteiger partial charge < -0.3 is 0 Å². The number of hydrogen-bond donors (Lipinski definition) is 1. The Balaban J connectivity index is 3.14. The molecule has 0 saturated heterocycles. The molecule has 0 fully saturated rings. The Morgan fingerprint density at radius 3 is 2.14 bits per heavy atom. The minimum absolute atomic E-state index is 0.0673. The quantitative estimate of drug-likeness (QED) is 0.773. The van der Waals surface area contributed by atoms with Crippen molar-refractivity contribution in [3.05, 3.63) is 17.8 Å². The van der Waals surface area contributed by atoms with Crippen LogP contribution in [0.5, 0.6) is 0 Å². The second kappa shape index (κ2) is 3.31. The maximum Gasteiger partial charge on any atom is 0.157 e. The summed E-state index contributed by atoms with van der Waals surface area (Å²) >= 11 is 0. The van der Waals surface area contributed by atoms with Crippen molar-refractivity contribution in [2.45, 2.75) is 31.2 Å². The van der Waals surface area contributed by atoms with Gasteiger partial charge in [0.2, 0.25) is 0 Å². The smallest absolute Gasteiger partial charge is 0.157 e. The van der Waals surface area contributed by atoms with Gasteiger partial charge in [0.05, 0.1) is 15.4 Å². The molecule has 0 radical (unpaired) electrons. The number of hydrogen-bond acceptors (Lipinski definition) is 4. The molecule has 4 nitrogen and oxygen atoms in total. The largest absolute Gasteiger partial charge is 0.248 e. The Labute approximate surface area is 84.7 Å². The van der Waals surface area contributed by atoms with Crippen molar-refractivity contribution in [3.8, 4) is 0 Å². The standard InChI is InChI=1S/C9H15N3OS/c1-9(2,3)7-5-6-8(12-11-7)14(4,10)13/h5-6,10H,1-4H3/t14-/m0/s1. The van der Waals surface area contributed by atoms with E-state index in [1.165, 1.54) is 6.26 Å². The Hall–Kier alpha value is -0.970. The van der Waals surface area contributed by atoms with Crippen molar-refractivity contribution in [3.63, 3.8) is 0 Å². The lowest BCUT2D eigenvalue weighted by Gasteiger charge is -2.16. The van der Waals surface area contributed by atoms with Crippen LogP contribution < -0.4 is 0 Å². The number of aromatic nitrogens is 2.